The van der Waals surface area contributed by atoms with Crippen LogP contribution in [0.15, 0.2) is 28.7 Å². The highest BCUT2D eigenvalue weighted by Gasteiger charge is 2.36. The zero-order valence-electron chi connectivity index (χ0n) is 10.6. The summed E-state index contributed by atoms with van der Waals surface area (Å²) < 4.78 is 0.928. The van der Waals surface area contributed by atoms with Gasteiger partial charge in [-0.15, -0.1) is 0 Å². The molecule has 102 valence electrons. The Morgan fingerprint density at radius 3 is 2.63 bits per heavy atom. The Hall–Kier alpha value is -1.40. The molecule has 0 aliphatic carbocycles. The van der Waals surface area contributed by atoms with Gasteiger partial charge in [0.15, 0.2) is 0 Å². The fourth-order valence-corrected chi connectivity index (χ4v) is 2.32. The Morgan fingerprint density at radius 2 is 2.05 bits per heavy atom. The van der Waals surface area contributed by atoms with Crippen molar-refractivity contribution in [3.8, 4) is 0 Å². The maximum absolute atomic E-state index is 12.5. The maximum Gasteiger partial charge on any atom is 0.247 e. The molecule has 0 bridgehead atoms. The lowest BCUT2D eigenvalue weighted by atomic mass is 9.91. The molecule has 0 spiro atoms. The van der Waals surface area contributed by atoms with E-state index in [-0.39, 0.29) is 18.4 Å². The zero-order chi connectivity index (χ0) is 14.0. The molecule has 1 saturated heterocycles. The Morgan fingerprint density at radius 1 is 1.42 bits per heavy atom. The molecule has 0 saturated carbocycles. The molecule has 19 heavy (non-hydrogen) atoms. The second kappa shape index (κ2) is 5.30. The fraction of sp³-hybridized carbons (Fsp3) is 0.385. The van der Waals surface area contributed by atoms with Crippen LogP contribution in [0.1, 0.15) is 12.5 Å². The van der Waals surface area contributed by atoms with Crippen molar-refractivity contribution in [1.29, 1.82) is 0 Å². The van der Waals surface area contributed by atoms with Crippen LogP contribution >= 0.6 is 15.9 Å². The molecule has 0 aromatic heterocycles. The van der Waals surface area contributed by atoms with E-state index < -0.39 is 5.54 Å². The normalized spacial score (nSPS) is 18.7. The van der Waals surface area contributed by atoms with Gasteiger partial charge in [0.05, 0.1) is 6.54 Å². The monoisotopic (exact) mass is 325 g/mol. The van der Waals surface area contributed by atoms with Crippen LogP contribution in [0.4, 0.5) is 0 Å². The van der Waals surface area contributed by atoms with Crippen LogP contribution in [0.3, 0.4) is 0 Å². The van der Waals surface area contributed by atoms with E-state index in [0.29, 0.717) is 13.1 Å². The Labute approximate surface area is 120 Å². The SMILES string of the molecule is CC(N)(C(=O)N1CCNC(=O)C1)c1ccc(Br)cc1. The highest BCUT2D eigenvalue weighted by atomic mass is 79.9. The average molecular weight is 326 g/mol. The van der Waals surface area contributed by atoms with Crippen molar-refractivity contribution in [3.63, 3.8) is 0 Å². The van der Waals surface area contributed by atoms with Crippen LogP contribution < -0.4 is 11.1 Å². The molecule has 3 N–H and O–H groups in total. The number of halogens is 1. The van der Waals surface area contributed by atoms with Crippen LogP contribution in [-0.2, 0) is 15.1 Å². The van der Waals surface area contributed by atoms with E-state index in [1.54, 1.807) is 6.92 Å². The number of nitrogens with one attached hydrogen (secondary N) is 1. The van der Waals surface area contributed by atoms with Gasteiger partial charge in [-0.25, -0.2) is 0 Å². The van der Waals surface area contributed by atoms with Gasteiger partial charge in [-0.1, -0.05) is 28.1 Å². The van der Waals surface area contributed by atoms with Crippen molar-refractivity contribution in [2.75, 3.05) is 19.6 Å². The van der Waals surface area contributed by atoms with E-state index in [1.165, 1.54) is 4.90 Å². The lowest BCUT2D eigenvalue weighted by Crippen LogP contribution is -2.57. The first-order chi connectivity index (χ1) is 8.91. The molecule has 1 unspecified atom stereocenters. The summed E-state index contributed by atoms with van der Waals surface area (Å²) in [5.41, 5.74) is 5.77. The number of hydrogen-bond acceptors (Lipinski definition) is 3. The number of hydrogen-bond donors (Lipinski definition) is 2. The first kappa shape index (κ1) is 14.0. The molecule has 1 aliphatic rings. The second-order valence-electron chi connectivity index (χ2n) is 4.79. The predicted octanol–water partition coefficient (Wildman–Crippen LogP) is 0.581. The van der Waals surface area contributed by atoms with Crippen molar-refractivity contribution in [3.05, 3.63) is 34.3 Å². The Bertz CT molecular complexity index is 499. The van der Waals surface area contributed by atoms with Gasteiger partial charge in [0.1, 0.15) is 5.54 Å². The van der Waals surface area contributed by atoms with Crippen LogP contribution in [0.2, 0.25) is 0 Å². The summed E-state index contributed by atoms with van der Waals surface area (Å²) >= 11 is 3.34. The molecule has 1 fully saturated rings. The van der Waals surface area contributed by atoms with Crippen molar-refractivity contribution < 1.29 is 9.59 Å². The molecule has 5 nitrogen and oxygen atoms in total. The summed E-state index contributed by atoms with van der Waals surface area (Å²) in [6, 6.07) is 7.31. The molecule has 0 radical (unpaired) electrons. The predicted molar refractivity (Wildman–Crippen MR) is 75.3 cm³/mol. The van der Waals surface area contributed by atoms with Gasteiger partial charge in [0.2, 0.25) is 11.8 Å². The summed E-state index contributed by atoms with van der Waals surface area (Å²) in [4.78, 5) is 25.3. The van der Waals surface area contributed by atoms with Crippen molar-refractivity contribution in [2.24, 2.45) is 5.73 Å². The fourth-order valence-electron chi connectivity index (χ4n) is 2.06. The highest BCUT2D eigenvalue weighted by Crippen LogP contribution is 2.22. The minimum absolute atomic E-state index is 0.0716. The van der Waals surface area contributed by atoms with E-state index in [2.05, 4.69) is 21.2 Å². The molecular formula is C13H16BrN3O2. The molecule has 1 aromatic rings. The molecule has 1 aliphatic heterocycles. The van der Waals surface area contributed by atoms with E-state index in [1.807, 2.05) is 24.3 Å². The average Bonchev–Trinajstić information content (AvgIpc) is 2.38. The van der Waals surface area contributed by atoms with E-state index in [9.17, 15) is 9.59 Å². The minimum Gasteiger partial charge on any atom is -0.353 e. The summed E-state index contributed by atoms with van der Waals surface area (Å²) in [6.07, 6.45) is 0. The van der Waals surface area contributed by atoms with Gasteiger partial charge >= 0.3 is 0 Å². The van der Waals surface area contributed by atoms with Gasteiger partial charge in [0, 0.05) is 17.6 Å². The topological polar surface area (TPSA) is 75.4 Å². The summed E-state index contributed by atoms with van der Waals surface area (Å²) in [5.74, 6) is -0.379. The minimum atomic E-state index is -1.13. The maximum atomic E-state index is 12.5. The molecule has 1 aromatic carbocycles. The molecule has 2 amide bonds. The van der Waals surface area contributed by atoms with Crippen molar-refractivity contribution in [1.82, 2.24) is 10.2 Å². The number of amides is 2. The Balaban J connectivity index is 2.20. The number of carbonyl (C=O) groups excluding carboxylic acids is 2. The Kier molecular flexibility index (Phi) is 3.91. The first-order valence-electron chi connectivity index (χ1n) is 6.02. The number of piperazine rings is 1. The largest absolute Gasteiger partial charge is 0.353 e. The molecule has 1 heterocycles. The van der Waals surface area contributed by atoms with Crippen LogP contribution in [0.25, 0.3) is 0 Å². The number of benzene rings is 1. The van der Waals surface area contributed by atoms with E-state index in [4.69, 9.17) is 5.73 Å². The van der Waals surface area contributed by atoms with E-state index >= 15 is 0 Å². The number of carbonyl (C=O) groups is 2. The third kappa shape index (κ3) is 2.96. The van der Waals surface area contributed by atoms with Crippen molar-refractivity contribution >= 4 is 27.7 Å². The number of nitrogens with two attached hydrogens (primary N) is 1. The van der Waals surface area contributed by atoms with Gasteiger partial charge in [0.25, 0.3) is 0 Å². The first-order valence-corrected chi connectivity index (χ1v) is 6.81. The third-order valence-electron chi connectivity index (χ3n) is 3.21. The summed E-state index contributed by atoms with van der Waals surface area (Å²) in [7, 11) is 0. The zero-order valence-corrected chi connectivity index (χ0v) is 12.2. The standard InChI is InChI=1S/C13H16BrN3O2/c1-13(15,9-2-4-10(14)5-3-9)12(19)17-7-6-16-11(18)8-17/h2-5H,6-8,15H2,1H3,(H,16,18). The van der Waals surface area contributed by atoms with Gasteiger partial charge in [-0.05, 0) is 24.6 Å². The summed E-state index contributed by atoms with van der Waals surface area (Å²) in [5, 5.41) is 2.69. The van der Waals surface area contributed by atoms with Crippen LogP contribution in [0, 0.1) is 0 Å². The smallest absolute Gasteiger partial charge is 0.247 e. The van der Waals surface area contributed by atoms with E-state index in [0.717, 1.165) is 10.0 Å². The number of rotatable bonds is 2. The highest BCUT2D eigenvalue weighted by molar-refractivity contribution is 9.10. The lowest BCUT2D eigenvalue weighted by Gasteiger charge is -2.34. The third-order valence-corrected chi connectivity index (χ3v) is 3.74. The number of nitrogens with zero attached hydrogens (tertiary/aromatic N) is 1. The van der Waals surface area contributed by atoms with Gasteiger partial charge in [-0.3, -0.25) is 9.59 Å². The molecule has 2 rings (SSSR count). The van der Waals surface area contributed by atoms with Crippen molar-refractivity contribution in [2.45, 2.75) is 12.5 Å². The summed E-state index contributed by atoms with van der Waals surface area (Å²) in [6.45, 7) is 2.71. The quantitative estimate of drug-likeness (QED) is 0.835. The van der Waals surface area contributed by atoms with Crippen LogP contribution in [-0.4, -0.2) is 36.3 Å². The molecular weight excluding hydrogens is 310 g/mol. The molecule has 1 atom stereocenters. The van der Waals surface area contributed by atoms with Gasteiger partial charge in [-0.2, -0.15) is 0 Å². The second-order valence-corrected chi connectivity index (χ2v) is 5.70. The molecule has 6 heteroatoms. The van der Waals surface area contributed by atoms with Crippen LogP contribution in [0.5, 0.6) is 0 Å². The van der Waals surface area contributed by atoms with Gasteiger partial charge < -0.3 is 16.0 Å². The lowest BCUT2D eigenvalue weighted by molar-refractivity contribution is -0.142.